The number of alkyl halides is 3. The Balaban J connectivity index is 1.93. The van der Waals surface area contributed by atoms with E-state index >= 15 is 0 Å². The summed E-state index contributed by atoms with van der Waals surface area (Å²) < 4.78 is 65.1. The SMILES string of the molecule is Cc1c(C(=O)Sc2ccc(F)cc2F)sc2nc(C(F)(F)F)nn12. The lowest BCUT2D eigenvalue weighted by molar-refractivity contribution is -0.144. The van der Waals surface area contributed by atoms with Gasteiger partial charge in [0.2, 0.25) is 10.1 Å². The van der Waals surface area contributed by atoms with Crippen molar-refractivity contribution in [1.29, 1.82) is 0 Å². The highest BCUT2D eigenvalue weighted by Gasteiger charge is 2.37. The normalized spacial score (nSPS) is 12.1. The maximum absolute atomic E-state index is 13.6. The fourth-order valence-corrected chi connectivity index (χ4v) is 3.74. The minimum Gasteiger partial charge on any atom is -0.280 e. The van der Waals surface area contributed by atoms with Crippen molar-refractivity contribution in [2.75, 3.05) is 0 Å². The summed E-state index contributed by atoms with van der Waals surface area (Å²) in [6.45, 7) is 1.41. The van der Waals surface area contributed by atoms with E-state index in [2.05, 4.69) is 10.1 Å². The molecule has 2 heterocycles. The molecule has 0 saturated carbocycles. The van der Waals surface area contributed by atoms with Crippen molar-refractivity contribution < 1.29 is 26.7 Å². The van der Waals surface area contributed by atoms with Crippen LogP contribution < -0.4 is 0 Å². The molecule has 0 radical (unpaired) electrons. The van der Waals surface area contributed by atoms with Crippen LogP contribution in [0, 0.1) is 18.6 Å². The van der Waals surface area contributed by atoms with Crippen LogP contribution in [0.4, 0.5) is 22.0 Å². The molecule has 0 fully saturated rings. The van der Waals surface area contributed by atoms with Crippen LogP contribution in [0.5, 0.6) is 0 Å². The largest absolute Gasteiger partial charge is 0.453 e. The second kappa shape index (κ2) is 5.81. The summed E-state index contributed by atoms with van der Waals surface area (Å²) in [6.07, 6.45) is -4.69. The third kappa shape index (κ3) is 3.00. The van der Waals surface area contributed by atoms with Crippen LogP contribution in [0.1, 0.15) is 21.2 Å². The number of carbonyl (C=O) groups is 1. The maximum atomic E-state index is 13.6. The predicted octanol–water partition coefficient (Wildman–Crippen LogP) is 4.33. The first-order valence-electron chi connectivity index (χ1n) is 6.27. The van der Waals surface area contributed by atoms with Gasteiger partial charge in [0.25, 0.3) is 5.82 Å². The van der Waals surface area contributed by atoms with Crippen molar-refractivity contribution in [3.8, 4) is 0 Å². The van der Waals surface area contributed by atoms with E-state index in [0.717, 1.165) is 28.0 Å². The molecule has 3 rings (SSSR count). The van der Waals surface area contributed by atoms with Crippen LogP contribution in [0.25, 0.3) is 4.96 Å². The third-order valence-corrected chi connectivity index (χ3v) is 5.15. The Bertz CT molecular complexity index is 947. The molecule has 0 saturated heterocycles. The number of thioether (sulfide) groups is 1. The van der Waals surface area contributed by atoms with Crippen LogP contribution in [0.3, 0.4) is 0 Å². The van der Waals surface area contributed by atoms with Crippen molar-refractivity contribution >= 4 is 33.2 Å². The number of hydrogen-bond donors (Lipinski definition) is 0. The molecule has 0 spiro atoms. The number of nitrogens with zero attached hydrogens (tertiary/aromatic N) is 3. The fourth-order valence-electron chi connectivity index (χ4n) is 1.86. The molecule has 2 aromatic heterocycles. The van der Waals surface area contributed by atoms with Gasteiger partial charge in [0.15, 0.2) is 0 Å². The van der Waals surface area contributed by atoms with E-state index in [9.17, 15) is 26.7 Å². The summed E-state index contributed by atoms with van der Waals surface area (Å²) in [5.41, 5.74) is 0.165. The zero-order valence-electron chi connectivity index (χ0n) is 11.7. The zero-order valence-corrected chi connectivity index (χ0v) is 13.3. The number of aryl methyl sites for hydroxylation is 1. The summed E-state index contributed by atoms with van der Waals surface area (Å²) in [6, 6.07) is 2.76. The van der Waals surface area contributed by atoms with Gasteiger partial charge in [-0.15, -0.1) is 5.10 Å². The molecule has 1 aromatic carbocycles. The number of rotatable bonds is 2. The molecule has 4 nitrogen and oxygen atoms in total. The molecule has 0 amide bonds. The monoisotopic (exact) mass is 379 g/mol. The van der Waals surface area contributed by atoms with Crippen LogP contribution in [0.15, 0.2) is 23.1 Å². The van der Waals surface area contributed by atoms with Crippen LogP contribution >= 0.6 is 23.1 Å². The van der Waals surface area contributed by atoms with Crippen LogP contribution in [-0.2, 0) is 6.18 Å². The van der Waals surface area contributed by atoms with Gasteiger partial charge in [-0.25, -0.2) is 13.3 Å². The van der Waals surface area contributed by atoms with Crippen molar-refractivity contribution in [1.82, 2.24) is 14.6 Å². The average molecular weight is 379 g/mol. The summed E-state index contributed by atoms with van der Waals surface area (Å²) >= 11 is 1.23. The average Bonchev–Trinajstić information content (AvgIpc) is 3.02. The van der Waals surface area contributed by atoms with Crippen molar-refractivity contribution in [3.63, 3.8) is 0 Å². The Kier molecular flexibility index (Phi) is 4.08. The molecule has 0 unspecified atom stereocenters. The Morgan fingerprint density at radius 2 is 2.00 bits per heavy atom. The van der Waals surface area contributed by atoms with Gasteiger partial charge < -0.3 is 0 Å². The van der Waals surface area contributed by atoms with E-state index in [4.69, 9.17) is 0 Å². The van der Waals surface area contributed by atoms with Gasteiger partial charge in [-0.05, 0) is 30.8 Å². The maximum Gasteiger partial charge on any atom is 0.453 e. The first kappa shape index (κ1) is 16.8. The number of benzene rings is 1. The Hall–Kier alpha value is -2.01. The summed E-state index contributed by atoms with van der Waals surface area (Å²) in [5.74, 6) is -2.98. The van der Waals surface area contributed by atoms with E-state index in [1.54, 1.807) is 0 Å². The second-order valence-electron chi connectivity index (χ2n) is 4.61. The lowest BCUT2D eigenvalue weighted by atomic mass is 10.3. The molecule has 0 N–H and O–H groups in total. The Morgan fingerprint density at radius 1 is 1.29 bits per heavy atom. The van der Waals surface area contributed by atoms with Gasteiger partial charge in [0.05, 0.1) is 10.6 Å². The summed E-state index contributed by atoms with van der Waals surface area (Å²) in [4.78, 5) is 15.5. The predicted molar refractivity (Wildman–Crippen MR) is 77.1 cm³/mol. The van der Waals surface area contributed by atoms with Crippen molar-refractivity contribution in [3.05, 3.63) is 46.2 Å². The quantitative estimate of drug-likeness (QED) is 0.491. The molecule has 0 bridgehead atoms. The molecule has 11 heteroatoms. The fraction of sp³-hybridized carbons (Fsp3) is 0.154. The standard InChI is InChI=1S/C13H6F5N3OS2/c1-5-9(10(22)23-8-3-2-6(14)4-7(8)15)24-12-19-11(13(16,17)18)20-21(5)12/h2-4H,1H3. The van der Waals surface area contributed by atoms with Gasteiger partial charge in [0.1, 0.15) is 16.5 Å². The number of halogens is 5. The summed E-state index contributed by atoms with van der Waals surface area (Å²) in [7, 11) is 0. The number of fused-ring (bicyclic) bond motifs is 1. The molecule has 126 valence electrons. The molecule has 0 aliphatic rings. The van der Waals surface area contributed by atoms with E-state index in [-0.39, 0.29) is 20.4 Å². The van der Waals surface area contributed by atoms with E-state index in [1.807, 2.05) is 0 Å². The molecule has 0 aliphatic heterocycles. The zero-order chi connectivity index (χ0) is 17.6. The highest BCUT2D eigenvalue weighted by Crippen LogP contribution is 2.33. The van der Waals surface area contributed by atoms with E-state index in [0.29, 0.717) is 17.8 Å². The number of carbonyl (C=O) groups excluding carboxylic acids is 1. The molecular weight excluding hydrogens is 373 g/mol. The molecule has 0 aliphatic carbocycles. The third-order valence-electron chi connectivity index (χ3n) is 2.95. The summed E-state index contributed by atoms with van der Waals surface area (Å²) in [5, 5.41) is 2.73. The van der Waals surface area contributed by atoms with Crippen LogP contribution in [-0.4, -0.2) is 19.7 Å². The Labute approximate surface area is 139 Å². The smallest absolute Gasteiger partial charge is 0.280 e. The van der Waals surface area contributed by atoms with E-state index < -0.39 is 28.8 Å². The highest BCUT2D eigenvalue weighted by molar-refractivity contribution is 8.14. The minimum absolute atomic E-state index is 0.0872. The minimum atomic E-state index is -4.69. The van der Waals surface area contributed by atoms with Crippen LogP contribution in [0.2, 0.25) is 0 Å². The lowest BCUT2D eigenvalue weighted by Gasteiger charge is -2.02. The first-order chi connectivity index (χ1) is 11.2. The van der Waals surface area contributed by atoms with Gasteiger partial charge in [-0.3, -0.25) is 4.79 Å². The number of hydrogen-bond acceptors (Lipinski definition) is 5. The molecular formula is C13H6F5N3OS2. The first-order valence-corrected chi connectivity index (χ1v) is 7.90. The van der Waals surface area contributed by atoms with Gasteiger partial charge in [-0.1, -0.05) is 11.3 Å². The van der Waals surface area contributed by atoms with Crippen molar-refractivity contribution in [2.24, 2.45) is 0 Å². The lowest BCUT2D eigenvalue weighted by Crippen LogP contribution is -2.08. The number of aromatic nitrogens is 3. The molecule has 0 atom stereocenters. The van der Waals surface area contributed by atoms with Gasteiger partial charge in [-0.2, -0.15) is 18.2 Å². The highest BCUT2D eigenvalue weighted by atomic mass is 32.2. The topological polar surface area (TPSA) is 47.3 Å². The second-order valence-corrected chi connectivity index (χ2v) is 6.60. The van der Waals surface area contributed by atoms with Gasteiger partial charge >= 0.3 is 6.18 Å². The Morgan fingerprint density at radius 3 is 2.58 bits per heavy atom. The number of thiazole rings is 1. The van der Waals surface area contributed by atoms with Crippen molar-refractivity contribution in [2.45, 2.75) is 18.0 Å². The molecule has 3 aromatic rings. The van der Waals surface area contributed by atoms with E-state index in [1.165, 1.54) is 6.92 Å². The molecule has 24 heavy (non-hydrogen) atoms. The van der Waals surface area contributed by atoms with Gasteiger partial charge in [0, 0.05) is 6.07 Å².